The maximum absolute atomic E-state index is 11.4. The van der Waals surface area contributed by atoms with Crippen LogP contribution in [0.2, 0.25) is 0 Å². The summed E-state index contributed by atoms with van der Waals surface area (Å²) >= 11 is 0. The molecule has 1 aromatic carbocycles. The summed E-state index contributed by atoms with van der Waals surface area (Å²) in [5.41, 5.74) is 7.34. The maximum Gasteiger partial charge on any atom is 0.373 e. The Morgan fingerprint density at radius 3 is 2.79 bits per heavy atom. The summed E-state index contributed by atoms with van der Waals surface area (Å²) in [5.74, 6) is 1.42. The highest BCUT2D eigenvalue weighted by Gasteiger charge is 2.12. The molecule has 0 bridgehead atoms. The third-order valence-corrected chi connectivity index (χ3v) is 3.77. The van der Waals surface area contributed by atoms with Gasteiger partial charge in [0.25, 0.3) is 0 Å². The highest BCUT2D eigenvalue weighted by atomic mass is 16.5. The number of carbonyl (C=O) groups excluding carboxylic acids is 1. The molecule has 0 amide bonds. The molecule has 2 heterocycles. The van der Waals surface area contributed by atoms with Gasteiger partial charge >= 0.3 is 5.97 Å². The number of furan rings is 1. The Hall–Kier alpha value is -3.75. The van der Waals surface area contributed by atoms with E-state index in [2.05, 4.69) is 14.8 Å². The highest BCUT2D eigenvalue weighted by Crippen LogP contribution is 2.28. The summed E-state index contributed by atoms with van der Waals surface area (Å²) in [6.45, 7) is 1.97. The van der Waals surface area contributed by atoms with Crippen LogP contribution in [-0.4, -0.2) is 36.1 Å². The third kappa shape index (κ3) is 4.32. The summed E-state index contributed by atoms with van der Waals surface area (Å²) in [6, 6.07) is 8.54. The molecular weight excluding hydrogens is 364 g/mol. The first-order chi connectivity index (χ1) is 13.5. The second-order valence-corrected chi connectivity index (χ2v) is 5.79. The van der Waals surface area contributed by atoms with E-state index >= 15 is 0 Å². The number of methoxy groups -OCH3 is 2. The van der Waals surface area contributed by atoms with Gasteiger partial charge in [0.1, 0.15) is 12.4 Å². The van der Waals surface area contributed by atoms with Crippen LogP contribution in [-0.2, 0) is 11.3 Å². The van der Waals surface area contributed by atoms with E-state index in [0.29, 0.717) is 23.2 Å². The van der Waals surface area contributed by atoms with Crippen LogP contribution in [0.4, 0.5) is 5.95 Å². The average Bonchev–Trinajstić information content (AvgIpc) is 3.30. The molecule has 0 unspecified atom stereocenters. The fourth-order valence-electron chi connectivity index (χ4n) is 2.42. The standard InChI is InChI=1S/C19H20N4O5/c1-12-10-23(19(20)22-12)21-9-13-4-6-15(17(8-13)25-2)27-11-14-5-7-16(28-14)18(24)26-3/h4-10H,11H2,1-3H3,(H2,20,22). The van der Waals surface area contributed by atoms with Crippen molar-refractivity contribution >= 4 is 18.1 Å². The van der Waals surface area contributed by atoms with Crippen molar-refractivity contribution in [3.05, 3.63) is 59.3 Å². The number of aryl methyl sites for hydroxylation is 1. The molecule has 0 radical (unpaired) electrons. The molecule has 28 heavy (non-hydrogen) atoms. The molecule has 3 aromatic rings. The van der Waals surface area contributed by atoms with Crippen molar-refractivity contribution < 1.29 is 23.4 Å². The SMILES string of the molecule is COC(=O)c1ccc(COc2ccc(C=Nn3cc(C)nc3N)cc2OC)o1. The van der Waals surface area contributed by atoms with Crippen LogP contribution in [0.1, 0.15) is 27.6 Å². The van der Waals surface area contributed by atoms with Crippen molar-refractivity contribution in [1.82, 2.24) is 9.66 Å². The Kier molecular flexibility index (Phi) is 5.64. The quantitative estimate of drug-likeness (QED) is 0.492. The maximum atomic E-state index is 11.4. The molecule has 2 aromatic heterocycles. The second-order valence-electron chi connectivity index (χ2n) is 5.79. The summed E-state index contributed by atoms with van der Waals surface area (Å²) in [5, 5.41) is 4.27. The van der Waals surface area contributed by atoms with Gasteiger partial charge < -0.3 is 24.4 Å². The number of imidazole rings is 1. The molecule has 0 aliphatic heterocycles. The van der Waals surface area contributed by atoms with E-state index in [1.807, 2.05) is 13.0 Å². The molecule has 0 saturated carbocycles. The van der Waals surface area contributed by atoms with Crippen LogP contribution in [0.5, 0.6) is 11.5 Å². The number of hydrogen-bond donors (Lipinski definition) is 1. The topological polar surface area (TPSA) is 114 Å². The van der Waals surface area contributed by atoms with Crippen LogP contribution in [0.3, 0.4) is 0 Å². The number of anilines is 1. The minimum Gasteiger partial charge on any atom is -0.493 e. The Morgan fingerprint density at radius 1 is 1.29 bits per heavy atom. The fourth-order valence-corrected chi connectivity index (χ4v) is 2.42. The van der Waals surface area contributed by atoms with Gasteiger partial charge in [0.2, 0.25) is 11.7 Å². The number of aromatic nitrogens is 2. The van der Waals surface area contributed by atoms with Gasteiger partial charge in [-0.3, -0.25) is 0 Å². The lowest BCUT2D eigenvalue weighted by molar-refractivity contribution is 0.0561. The van der Waals surface area contributed by atoms with E-state index in [9.17, 15) is 4.79 Å². The Balaban J connectivity index is 1.70. The van der Waals surface area contributed by atoms with Gasteiger partial charge in [-0.2, -0.15) is 5.10 Å². The molecule has 146 valence electrons. The normalized spacial score (nSPS) is 11.0. The van der Waals surface area contributed by atoms with E-state index < -0.39 is 5.97 Å². The number of nitrogen functional groups attached to an aromatic ring is 1. The molecule has 0 atom stereocenters. The summed E-state index contributed by atoms with van der Waals surface area (Å²) in [4.78, 5) is 15.5. The van der Waals surface area contributed by atoms with Crippen molar-refractivity contribution in [3.8, 4) is 11.5 Å². The Morgan fingerprint density at radius 2 is 2.11 bits per heavy atom. The number of nitrogens with zero attached hydrogens (tertiary/aromatic N) is 3. The van der Waals surface area contributed by atoms with Crippen LogP contribution < -0.4 is 15.2 Å². The number of esters is 1. The average molecular weight is 384 g/mol. The molecule has 0 aliphatic rings. The van der Waals surface area contributed by atoms with Crippen molar-refractivity contribution in [2.24, 2.45) is 5.10 Å². The lowest BCUT2D eigenvalue weighted by atomic mass is 10.2. The van der Waals surface area contributed by atoms with Crippen LogP contribution in [0.15, 0.2) is 46.0 Å². The molecular formula is C19H20N4O5. The van der Waals surface area contributed by atoms with E-state index in [0.717, 1.165) is 11.3 Å². The van der Waals surface area contributed by atoms with Gasteiger partial charge in [-0.1, -0.05) is 0 Å². The zero-order valence-corrected chi connectivity index (χ0v) is 15.7. The van der Waals surface area contributed by atoms with Crippen molar-refractivity contribution in [2.45, 2.75) is 13.5 Å². The number of carbonyl (C=O) groups is 1. The molecule has 9 heteroatoms. The van der Waals surface area contributed by atoms with Crippen molar-refractivity contribution in [2.75, 3.05) is 20.0 Å². The highest BCUT2D eigenvalue weighted by molar-refractivity contribution is 5.86. The number of nitrogens with two attached hydrogens (primary N) is 1. The molecule has 0 fully saturated rings. The molecule has 0 aliphatic carbocycles. The first-order valence-electron chi connectivity index (χ1n) is 8.34. The van der Waals surface area contributed by atoms with Gasteiger partial charge in [-0.15, -0.1) is 0 Å². The predicted octanol–water partition coefficient (Wildman–Crippen LogP) is 2.62. The van der Waals surface area contributed by atoms with Crippen LogP contribution in [0.25, 0.3) is 0 Å². The van der Waals surface area contributed by atoms with E-state index in [4.69, 9.17) is 19.6 Å². The molecule has 9 nitrogen and oxygen atoms in total. The van der Waals surface area contributed by atoms with Gasteiger partial charge in [0.15, 0.2) is 11.5 Å². The largest absolute Gasteiger partial charge is 0.493 e. The lowest BCUT2D eigenvalue weighted by Crippen LogP contribution is -2.00. The van der Waals surface area contributed by atoms with Crippen molar-refractivity contribution in [1.29, 1.82) is 0 Å². The van der Waals surface area contributed by atoms with Crippen LogP contribution in [0, 0.1) is 6.92 Å². The van der Waals surface area contributed by atoms with E-state index in [1.165, 1.54) is 17.9 Å². The second kappa shape index (κ2) is 8.30. The number of rotatable bonds is 7. The lowest BCUT2D eigenvalue weighted by Gasteiger charge is -2.10. The summed E-state index contributed by atoms with van der Waals surface area (Å²) in [7, 11) is 2.83. The summed E-state index contributed by atoms with van der Waals surface area (Å²) in [6.07, 6.45) is 3.37. The minimum absolute atomic E-state index is 0.119. The first kappa shape index (κ1) is 19.0. The van der Waals surface area contributed by atoms with E-state index in [-0.39, 0.29) is 12.4 Å². The molecule has 0 spiro atoms. The third-order valence-electron chi connectivity index (χ3n) is 3.77. The number of hydrogen-bond acceptors (Lipinski definition) is 8. The van der Waals surface area contributed by atoms with Gasteiger partial charge in [-0.25, -0.2) is 14.5 Å². The number of benzene rings is 1. The molecule has 3 rings (SSSR count). The van der Waals surface area contributed by atoms with Crippen LogP contribution >= 0.6 is 0 Å². The smallest absolute Gasteiger partial charge is 0.373 e. The monoisotopic (exact) mass is 384 g/mol. The zero-order chi connectivity index (χ0) is 20.1. The Bertz CT molecular complexity index is 1010. The van der Waals surface area contributed by atoms with Gasteiger partial charge in [-0.05, 0) is 42.8 Å². The van der Waals surface area contributed by atoms with Crippen molar-refractivity contribution in [3.63, 3.8) is 0 Å². The fraction of sp³-hybridized carbons (Fsp3) is 0.211. The minimum atomic E-state index is -0.541. The van der Waals surface area contributed by atoms with Gasteiger partial charge in [0.05, 0.1) is 32.3 Å². The molecule has 0 saturated heterocycles. The molecule has 2 N–H and O–H groups in total. The number of ether oxygens (including phenoxy) is 3. The zero-order valence-electron chi connectivity index (χ0n) is 15.7. The predicted molar refractivity (Wildman–Crippen MR) is 102 cm³/mol. The first-order valence-corrected chi connectivity index (χ1v) is 8.34. The Labute approximate surface area is 161 Å². The van der Waals surface area contributed by atoms with Gasteiger partial charge in [0, 0.05) is 0 Å². The van der Waals surface area contributed by atoms with E-state index in [1.54, 1.807) is 37.7 Å². The summed E-state index contributed by atoms with van der Waals surface area (Å²) < 4.78 is 22.6.